The molecule has 3 aromatic carbocycles. The Balaban J connectivity index is 1.81. The van der Waals surface area contributed by atoms with E-state index in [9.17, 15) is 26.4 Å². The van der Waals surface area contributed by atoms with Crippen LogP contribution in [0.25, 0.3) is 0 Å². The fourth-order valence-corrected chi connectivity index (χ4v) is 4.60. The van der Waals surface area contributed by atoms with Gasteiger partial charge >= 0.3 is 6.18 Å². The number of rotatable bonds is 8. The zero-order valence-electron chi connectivity index (χ0n) is 17.2. The van der Waals surface area contributed by atoms with Crippen LogP contribution in [0, 0.1) is 0 Å². The van der Waals surface area contributed by atoms with Crippen molar-refractivity contribution in [2.75, 3.05) is 18.4 Å². The number of amides is 1. The van der Waals surface area contributed by atoms with Crippen LogP contribution in [0.3, 0.4) is 0 Å². The molecule has 3 aromatic rings. The number of carbonyl (C=O) groups excluding carboxylic acids is 1. The number of hydrogen-bond donors (Lipinski definition) is 1. The maximum atomic E-state index is 13.2. The van der Waals surface area contributed by atoms with Gasteiger partial charge in [-0.15, -0.1) is 0 Å². The Kier molecular flexibility index (Phi) is 7.78. The molecule has 0 saturated heterocycles. The highest BCUT2D eigenvalue weighted by atomic mass is 35.5. The molecule has 0 spiro atoms. The summed E-state index contributed by atoms with van der Waals surface area (Å²) in [6.45, 7) is -0.584. The van der Waals surface area contributed by atoms with Crippen molar-refractivity contribution in [3.05, 3.63) is 95.0 Å². The molecule has 5 nitrogen and oxygen atoms in total. The maximum absolute atomic E-state index is 13.2. The van der Waals surface area contributed by atoms with E-state index in [1.807, 2.05) is 30.3 Å². The lowest BCUT2D eigenvalue weighted by atomic mass is 10.1. The minimum atomic E-state index is -4.57. The van der Waals surface area contributed by atoms with Crippen LogP contribution in [-0.2, 0) is 27.4 Å². The average molecular weight is 497 g/mol. The lowest BCUT2D eigenvalue weighted by Crippen LogP contribution is -2.39. The summed E-state index contributed by atoms with van der Waals surface area (Å²) in [6, 6.07) is 18.8. The predicted molar refractivity (Wildman–Crippen MR) is 120 cm³/mol. The topological polar surface area (TPSA) is 66.5 Å². The first-order valence-corrected chi connectivity index (χ1v) is 11.6. The lowest BCUT2D eigenvalue weighted by Gasteiger charge is -2.22. The number of alkyl halides is 3. The van der Waals surface area contributed by atoms with Gasteiger partial charge in [0.25, 0.3) is 0 Å². The van der Waals surface area contributed by atoms with Crippen LogP contribution >= 0.6 is 11.6 Å². The van der Waals surface area contributed by atoms with Crippen LogP contribution in [0.5, 0.6) is 0 Å². The number of nitrogens with one attached hydrogen (secondary N) is 1. The lowest BCUT2D eigenvalue weighted by molar-refractivity contribution is -0.137. The summed E-state index contributed by atoms with van der Waals surface area (Å²) in [5.41, 5.74) is -0.135. The zero-order valence-corrected chi connectivity index (χ0v) is 18.8. The van der Waals surface area contributed by atoms with Gasteiger partial charge in [0.1, 0.15) is 0 Å². The smallest absolute Gasteiger partial charge is 0.325 e. The van der Waals surface area contributed by atoms with E-state index in [0.29, 0.717) is 11.4 Å². The van der Waals surface area contributed by atoms with Gasteiger partial charge in [0.2, 0.25) is 15.9 Å². The predicted octanol–water partition coefficient (Wildman–Crippen LogP) is 5.23. The van der Waals surface area contributed by atoms with Crippen LogP contribution in [0.2, 0.25) is 5.02 Å². The Bertz CT molecular complexity index is 1200. The molecule has 3 rings (SSSR count). The molecule has 0 saturated carbocycles. The summed E-state index contributed by atoms with van der Waals surface area (Å²) < 4.78 is 66.2. The summed E-state index contributed by atoms with van der Waals surface area (Å²) in [6.07, 6.45) is -4.23. The SMILES string of the molecule is O=C(CN(CCc1ccccc1)S(=O)(=O)c1ccc(Cl)cc1)Nc1cccc(C(F)(F)F)c1. The second-order valence-corrected chi connectivity index (χ2v) is 9.53. The van der Waals surface area contributed by atoms with Crippen LogP contribution in [0.4, 0.5) is 18.9 Å². The molecule has 0 aliphatic rings. The van der Waals surface area contributed by atoms with Gasteiger partial charge in [-0.3, -0.25) is 4.79 Å². The van der Waals surface area contributed by atoms with Crippen molar-refractivity contribution in [1.29, 1.82) is 0 Å². The Morgan fingerprint density at radius 3 is 2.24 bits per heavy atom. The fraction of sp³-hybridized carbons (Fsp3) is 0.174. The summed E-state index contributed by atoms with van der Waals surface area (Å²) in [7, 11) is -4.07. The molecule has 1 amide bonds. The normalized spacial score (nSPS) is 12.0. The first-order chi connectivity index (χ1) is 15.6. The third kappa shape index (κ3) is 6.80. The van der Waals surface area contributed by atoms with Gasteiger partial charge in [-0.1, -0.05) is 48.0 Å². The molecular weight excluding hydrogens is 477 g/mol. The van der Waals surface area contributed by atoms with Crippen molar-refractivity contribution in [2.45, 2.75) is 17.5 Å². The highest BCUT2D eigenvalue weighted by molar-refractivity contribution is 7.89. The van der Waals surface area contributed by atoms with Crippen molar-refractivity contribution in [1.82, 2.24) is 4.31 Å². The third-order valence-electron chi connectivity index (χ3n) is 4.74. The quantitative estimate of drug-likeness (QED) is 0.464. The van der Waals surface area contributed by atoms with Gasteiger partial charge in [-0.25, -0.2) is 8.42 Å². The van der Waals surface area contributed by atoms with E-state index in [-0.39, 0.29) is 17.1 Å². The molecule has 0 aromatic heterocycles. The van der Waals surface area contributed by atoms with Gasteiger partial charge in [0.05, 0.1) is 17.0 Å². The van der Waals surface area contributed by atoms with Crippen molar-refractivity contribution in [3.63, 3.8) is 0 Å². The summed E-state index contributed by atoms with van der Waals surface area (Å²) in [5, 5.41) is 2.70. The Hall–Kier alpha value is -2.88. The zero-order chi connectivity index (χ0) is 24.1. The third-order valence-corrected chi connectivity index (χ3v) is 6.85. The molecule has 10 heteroatoms. The second-order valence-electron chi connectivity index (χ2n) is 7.15. The summed E-state index contributed by atoms with van der Waals surface area (Å²) in [4.78, 5) is 12.6. The fourth-order valence-electron chi connectivity index (χ4n) is 3.07. The number of carbonyl (C=O) groups is 1. The molecule has 0 aliphatic carbocycles. The van der Waals surface area contributed by atoms with Crippen LogP contribution in [-0.4, -0.2) is 31.7 Å². The van der Waals surface area contributed by atoms with E-state index < -0.39 is 34.2 Å². The minimum absolute atomic E-state index is 0.00894. The van der Waals surface area contributed by atoms with Crippen LogP contribution in [0.1, 0.15) is 11.1 Å². The van der Waals surface area contributed by atoms with Crippen molar-refractivity contribution >= 4 is 33.2 Å². The second kappa shape index (κ2) is 10.4. The standard InChI is InChI=1S/C23H20ClF3N2O3S/c24-19-9-11-21(12-10-19)33(31,32)29(14-13-17-5-2-1-3-6-17)16-22(30)28-20-8-4-7-18(15-20)23(25,26)27/h1-12,15H,13-14,16H2,(H,28,30). The van der Waals surface area contributed by atoms with E-state index in [2.05, 4.69) is 5.32 Å². The monoisotopic (exact) mass is 496 g/mol. The van der Waals surface area contributed by atoms with Gasteiger partial charge in [0.15, 0.2) is 0 Å². The number of benzene rings is 3. The minimum Gasteiger partial charge on any atom is -0.325 e. The summed E-state index contributed by atoms with van der Waals surface area (Å²) in [5.74, 6) is -0.764. The first kappa shape index (κ1) is 24.8. The number of sulfonamides is 1. The number of nitrogens with zero attached hydrogens (tertiary/aromatic N) is 1. The highest BCUT2D eigenvalue weighted by Gasteiger charge is 2.31. The molecule has 1 N–H and O–H groups in total. The molecule has 0 heterocycles. The number of hydrogen-bond acceptors (Lipinski definition) is 3. The molecule has 33 heavy (non-hydrogen) atoms. The van der Waals surface area contributed by atoms with Gasteiger partial charge in [-0.05, 0) is 54.4 Å². The molecule has 0 bridgehead atoms. The number of anilines is 1. The molecule has 0 aliphatic heterocycles. The Morgan fingerprint density at radius 2 is 1.61 bits per heavy atom. The maximum Gasteiger partial charge on any atom is 0.416 e. The van der Waals surface area contributed by atoms with E-state index in [4.69, 9.17) is 11.6 Å². The van der Waals surface area contributed by atoms with Gasteiger partial charge in [0, 0.05) is 17.3 Å². The summed E-state index contributed by atoms with van der Waals surface area (Å²) >= 11 is 5.85. The van der Waals surface area contributed by atoms with E-state index in [1.165, 1.54) is 30.3 Å². The highest BCUT2D eigenvalue weighted by Crippen LogP contribution is 2.30. The van der Waals surface area contributed by atoms with E-state index in [0.717, 1.165) is 28.1 Å². The molecule has 0 fully saturated rings. The molecular formula is C23H20ClF3N2O3S. The van der Waals surface area contributed by atoms with Gasteiger partial charge < -0.3 is 5.32 Å². The average Bonchev–Trinajstić information content (AvgIpc) is 2.77. The largest absolute Gasteiger partial charge is 0.416 e. The Morgan fingerprint density at radius 1 is 0.939 bits per heavy atom. The molecule has 0 unspecified atom stereocenters. The molecule has 174 valence electrons. The van der Waals surface area contributed by atoms with Gasteiger partial charge in [-0.2, -0.15) is 17.5 Å². The van der Waals surface area contributed by atoms with E-state index >= 15 is 0 Å². The first-order valence-electron chi connectivity index (χ1n) is 9.82. The van der Waals surface area contributed by atoms with Crippen LogP contribution < -0.4 is 5.32 Å². The molecule has 0 atom stereocenters. The van der Waals surface area contributed by atoms with Crippen LogP contribution in [0.15, 0.2) is 83.8 Å². The van der Waals surface area contributed by atoms with E-state index in [1.54, 1.807) is 0 Å². The van der Waals surface area contributed by atoms with Crippen molar-refractivity contribution < 1.29 is 26.4 Å². The molecule has 0 radical (unpaired) electrons. The van der Waals surface area contributed by atoms with Crippen molar-refractivity contribution in [3.8, 4) is 0 Å². The van der Waals surface area contributed by atoms with Crippen molar-refractivity contribution in [2.24, 2.45) is 0 Å². The number of halogens is 4. The Labute approximate surface area is 194 Å².